The number of hydrogen-bond donors (Lipinski definition) is 3. The topological polar surface area (TPSA) is 130 Å². The molecule has 0 aliphatic carbocycles. The van der Waals surface area contributed by atoms with Crippen LogP contribution >= 0.6 is 0 Å². The molecule has 166 valence electrons. The number of aryl methyl sites for hydroxylation is 1. The molecule has 0 radical (unpaired) electrons. The number of carbonyl (C=O) groups excluding carboxylic acids is 3. The van der Waals surface area contributed by atoms with Gasteiger partial charge in [0, 0.05) is 11.9 Å². The zero-order valence-corrected chi connectivity index (χ0v) is 17.6. The number of carbonyl (C=O) groups is 3. The van der Waals surface area contributed by atoms with Gasteiger partial charge in [-0.25, -0.2) is 10.4 Å². The fourth-order valence-electron chi connectivity index (χ4n) is 3.11. The Hall–Kier alpha value is -4.73. The Bertz CT molecular complexity index is 1340. The van der Waals surface area contributed by atoms with Gasteiger partial charge in [0.2, 0.25) is 0 Å². The molecule has 0 spiro atoms. The summed E-state index contributed by atoms with van der Waals surface area (Å²) in [5.41, 5.74) is 4.61. The first-order chi connectivity index (χ1) is 16.0. The van der Waals surface area contributed by atoms with E-state index in [9.17, 15) is 14.4 Å². The molecular weight excluding hydrogens is 424 g/mol. The summed E-state index contributed by atoms with van der Waals surface area (Å²) in [6, 6.07) is 17.4. The Morgan fingerprint density at radius 3 is 2.64 bits per heavy atom. The molecule has 0 saturated heterocycles. The Morgan fingerprint density at radius 1 is 1.03 bits per heavy atom. The number of imidazole rings is 1. The average molecular weight is 444 g/mol. The molecule has 3 amide bonds. The smallest absolute Gasteiger partial charge is 0.313 e. The maximum Gasteiger partial charge on any atom is 0.313 e. The number of benzene rings is 1. The Kier molecular flexibility index (Phi) is 6.26. The molecule has 3 N–H and O–H groups in total. The van der Waals surface area contributed by atoms with Crippen LogP contribution in [0.2, 0.25) is 0 Å². The molecule has 0 fully saturated rings. The van der Waals surface area contributed by atoms with E-state index in [0.29, 0.717) is 34.2 Å². The second kappa shape index (κ2) is 9.60. The van der Waals surface area contributed by atoms with Crippen molar-refractivity contribution in [3.8, 4) is 0 Å². The predicted octanol–water partition coefficient (Wildman–Crippen LogP) is 2.25. The third kappa shape index (κ3) is 5.13. The van der Waals surface area contributed by atoms with Crippen LogP contribution in [0.25, 0.3) is 5.65 Å². The minimum atomic E-state index is -0.791. The minimum Gasteiger partial charge on any atom is -0.458 e. The van der Waals surface area contributed by atoms with E-state index < -0.39 is 17.7 Å². The summed E-state index contributed by atoms with van der Waals surface area (Å²) in [7, 11) is 0. The lowest BCUT2D eigenvalue weighted by molar-refractivity contribution is -0.136. The van der Waals surface area contributed by atoms with Crippen LogP contribution < -0.4 is 16.1 Å². The van der Waals surface area contributed by atoms with Crippen LogP contribution in [0.3, 0.4) is 0 Å². The highest BCUT2D eigenvalue weighted by Gasteiger charge is 2.16. The summed E-state index contributed by atoms with van der Waals surface area (Å²) < 4.78 is 7.22. The van der Waals surface area contributed by atoms with Crippen LogP contribution in [-0.4, -0.2) is 33.3 Å². The molecule has 0 unspecified atom stereocenters. The SMILES string of the molecule is Cc1nc2ccccn2c1C(=O)N/N=C\c1ccc(CNC(=O)C(=O)Nc2ccccc2)o1. The highest BCUT2D eigenvalue weighted by molar-refractivity contribution is 6.39. The number of pyridine rings is 1. The van der Waals surface area contributed by atoms with E-state index in [1.165, 1.54) is 6.21 Å². The van der Waals surface area contributed by atoms with E-state index in [4.69, 9.17) is 4.42 Å². The number of nitrogens with zero attached hydrogens (tertiary/aromatic N) is 3. The molecule has 4 aromatic rings. The summed E-state index contributed by atoms with van der Waals surface area (Å²) in [5.74, 6) is -1.20. The third-order valence-electron chi connectivity index (χ3n) is 4.62. The maximum atomic E-state index is 12.5. The molecule has 3 aromatic heterocycles. The van der Waals surface area contributed by atoms with Gasteiger partial charge < -0.3 is 15.1 Å². The summed E-state index contributed by atoms with van der Waals surface area (Å²) >= 11 is 0. The number of hydrogen-bond acceptors (Lipinski definition) is 6. The van der Waals surface area contributed by atoms with Crippen LogP contribution in [-0.2, 0) is 16.1 Å². The van der Waals surface area contributed by atoms with Crippen molar-refractivity contribution in [3.05, 3.63) is 89.8 Å². The van der Waals surface area contributed by atoms with Gasteiger partial charge in [-0.05, 0) is 43.3 Å². The molecule has 0 aliphatic heterocycles. The van der Waals surface area contributed by atoms with Crippen LogP contribution in [0.1, 0.15) is 27.7 Å². The number of para-hydroxylation sites is 1. The first kappa shape index (κ1) is 21.5. The predicted molar refractivity (Wildman–Crippen MR) is 121 cm³/mol. The van der Waals surface area contributed by atoms with Gasteiger partial charge in [0.25, 0.3) is 5.91 Å². The number of nitrogens with one attached hydrogen (secondary N) is 3. The second-order valence-electron chi connectivity index (χ2n) is 6.98. The number of furan rings is 1. The van der Waals surface area contributed by atoms with Gasteiger partial charge in [-0.3, -0.25) is 18.8 Å². The van der Waals surface area contributed by atoms with E-state index >= 15 is 0 Å². The summed E-state index contributed by atoms with van der Waals surface area (Å²) in [6.45, 7) is 1.76. The largest absolute Gasteiger partial charge is 0.458 e. The number of amides is 3. The highest BCUT2D eigenvalue weighted by atomic mass is 16.3. The molecule has 10 heteroatoms. The van der Waals surface area contributed by atoms with Crippen LogP contribution in [0, 0.1) is 6.92 Å². The van der Waals surface area contributed by atoms with Crippen molar-refractivity contribution < 1.29 is 18.8 Å². The van der Waals surface area contributed by atoms with Crippen molar-refractivity contribution in [1.82, 2.24) is 20.1 Å². The van der Waals surface area contributed by atoms with E-state index in [-0.39, 0.29) is 6.54 Å². The van der Waals surface area contributed by atoms with Gasteiger partial charge in [0.1, 0.15) is 22.9 Å². The molecule has 0 bridgehead atoms. The zero-order chi connectivity index (χ0) is 23.2. The molecule has 4 rings (SSSR count). The van der Waals surface area contributed by atoms with Gasteiger partial charge in [0.05, 0.1) is 18.5 Å². The lowest BCUT2D eigenvalue weighted by Crippen LogP contribution is -2.34. The molecule has 0 aliphatic rings. The zero-order valence-electron chi connectivity index (χ0n) is 17.6. The number of aromatic nitrogens is 2. The van der Waals surface area contributed by atoms with Crippen molar-refractivity contribution >= 4 is 35.3 Å². The maximum absolute atomic E-state index is 12.5. The third-order valence-corrected chi connectivity index (χ3v) is 4.62. The summed E-state index contributed by atoms with van der Waals surface area (Å²) in [5, 5.41) is 8.90. The fourth-order valence-corrected chi connectivity index (χ4v) is 3.11. The first-order valence-electron chi connectivity index (χ1n) is 10.0. The van der Waals surface area contributed by atoms with E-state index in [0.717, 1.165) is 0 Å². The average Bonchev–Trinajstić information content (AvgIpc) is 3.41. The lowest BCUT2D eigenvalue weighted by Gasteiger charge is -2.05. The van der Waals surface area contributed by atoms with Gasteiger partial charge in [-0.2, -0.15) is 5.10 Å². The lowest BCUT2D eigenvalue weighted by atomic mass is 10.3. The second-order valence-corrected chi connectivity index (χ2v) is 6.98. The van der Waals surface area contributed by atoms with Gasteiger partial charge in [0.15, 0.2) is 0 Å². The Balaban J connectivity index is 1.29. The first-order valence-corrected chi connectivity index (χ1v) is 10.0. The molecule has 10 nitrogen and oxygen atoms in total. The van der Waals surface area contributed by atoms with Crippen molar-refractivity contribution in [2.75, 3.05) is 5.32 Å². The quantitative estimate of drug-likeness (QED) is 0.239. The molecule has 0 atom stereocenters. The van der Waals surface area contributed by atoms with E-state index in [1.807, 2.05) is 18.2 Å². The highest BCUT2D eigenvalue weighted by Crippen LogP contribution is 2.11. The van der Waals surface area contributed by atoms with Crippen molar-refractivity contribution in [2.45, 2.75) is 13.5 Å². The Labute approximate surface area is 188 Å². The molecule has 1 aromatic carbocycles. The number of rotatable bonds is 6. The molecule has 0 saturated carbocycles. The van der Waals surface area contributed by atoms with Crippen molar-refractivity contribution in [1.29, 1.82) is 0 Å². The van der Waals surface area contributed by atoms with E-state index in [1.54, 1.807) is 60.0 Å². The van der Waals surface area contributed by atoms with Crippen molar-refractivity contribution in [2.24, 2.45) is 5.10 Å². The van der Waals surface area contributed by atoms with Gasteiger partial charge in [-0.15, -0.1) is 0 Å². The Morgan fingerprint density at radius 2 is 1.82 bits per heavy atom. The van der Waals surface area contributed by atoms with Crippen LogP contribution in [0.4, 0.5) is 5.69 Å². The molecule has 3 heterocycles. The number of hydrazone groups is 1. The van der Waals surface area contributed by atoms with Crippen LogP contribution in [0.15, 0.2) is 76.4 Å². The van der Waals surface area contributed by atoms with Gasteiger partial charge in [-0.1, -0.05) is 24.3 Å². The standard InChI is InChI=1S/C23H20N6O4/c1-15-20(29-12-6-5-9-19(29)26-15)21(30)28-25-14-18-11-10-17(33-18)13-24-22(31)23(32)27-16-7-3-2-4-8-16/h2-12,14H,13H2,1H3,(H,24,31)(H,27,32)(H,28,30)/b25-14-. The summed E-state index contributed by atoms with van der Waals surface area (Å²) in [6.07, 6.45) is 3.09. The fraction of sp³-hybridized carbons (Fsp3) is 0.0870. The molecule has 33 heavy (non-hydrogen) atoms. The normalized spacial score (nSPS) is 10.9. The summed E-state index contributed by atoms with van der Waals surface area (Å²) in [4.78, 5) is 40.7. The van der Waals surface area contributed by atoms with Gasteiger partial charge >= 0.3 is 11.8 Å². The molecular formula is C23H20N6O4. The monoisotopic (exact) mass is 444 g/mol. The minimum absolute atomic E-state index is 0.0161. The van der Waals surface area contributed by atoms with Crippen LogP contribution in [0.5, 0.6) is 0 Å². The number of fused-ring (bicyclic) bond motifs is 1. The van der Waals surface area contributed by atoms with Crippen molar-refractivity contribution in [3.63, 3.8) is 0 Å². The van der Waals surface area contributed by atoms with E-state index in [2.05, 4.69) is 26.1 Å². The number of anilines is 1.